The van der Waals surface area contributed by atoms with Crippen LogP contribution >= 0.6 is 0 Å². The summed E-state index contributed by atoms with van der Waals surface area (Å²) < 4.78 is 7.32. The van der Waals surface area contributed by atoms with E-state index in [1.54, 1.807) is 17.4 Å². The molecular weight excluding hydrogens is 292 g/mol. The van der Waals surface area contributed by atoms with Crippen LogP contribution in [-0.2, 0) is 16.8 Å². The van der Waals surface area contributed by atoms with E-state index in [1.165, 1.54) is 0 Å². The standard InChI is InChI=1S/C17H16N4O2/c1-18-17(6-7-17)13-2-4-14(5-3-13)21-11-15(23-16(21)22)10-20-9-8-19-12-20/h2-5,8-9,12,15H,6-7,10-11H2. The molecule has 1 saturated carbocycles. The molecular formula is C17H16N4O2. The molecule has 1 aliphatic carbocycles. The van der Waals surface area contributed by atoms with Gasteiger partial charge >= 0.3 is 6.09 Å². The van der Waals surface area contributed by atoms with E-state index in [0.717, 1.165) is 24.1 Å². The van der Waals surface area contributed by atoms with Crippen LogP contribution in [0.2, 0.25) is 0 Å². The lowest BCUT2D eigenvalue weighted by molar-refractivity contribution is 0.132. The summed E-state index contributed by atoms with van der Waals surface area (Å²) in [6.07, 6.45) is 6.61. The molecule has 1 aliphatic heterocycles. The minimum atomic E-state index is -0.325. The molecule has 0 bridgehead atoms. The van der Waals surface area contributed by atoms with Gasteiger partial charge < -0.3 is 14.1 Å². The van der Waals surface area contributed by atoms with Crippen molar-refractivity contribution in [3.63, 3.8) is 0 Å². The summed E-state index contributed by atoms with van der Waals surface area (Å²) in [6.45, 7) is 8.43. The van der Waals surface area contributed by atoms with E-state index in [2.05, 4.69) is 9.83 Å². The first-order valence-electron chi connectivity index (χ1n) is 7.63. The third-order valence-corrected chi connectivity index (χ3v) is 4.50. The first-order valence-corrected chi connectivity index (χ1v) is 7.63. The maximum absolute atomic E-state index is 12.1. The summed E-state index contributed by atoms with van der Waals surface area (Å²) in [4.78, 5) is 21.5. The number of cyclic esters (lactones) is 1. The lowest BCUT2D eigenvalue weighted by atomic mass is 10.1. The first kappa shape index (κ1) is 13.8. The number of amides is 1. The fourth-order valence-electron chi connectivity index (χ4n) is 2.99. The predicted octanol–water partition coefficient (Wildman–Crippen LogP) is 2.82. The van der Waals surface area contributed by atoms with Crippen molar-refractivity contribution < 1.29 is 9.53 Å². The number of aromatic nitrogens is 2. The van der Waals surface area contributed by atoms with Gasteiger partial charge in [0.15, 0.2) is 0 Å². The number of nitrogens with zero attached hydrogens (tertiary/aromatic N) is 4. The number of benzene rings is 1. The van der Waals surface area contributed by atoms with Crippen LogP contribution in [0.5, 0.6) is 0 Å². The molecule has 0 N–H and O–H groups in total. The molecule has 1 atom stereocenters. The summed E-state index contributed by atoms with van der Waals surface area (Å²) in [6, 6.07) is 7.72. The third kappa shape index (κ3) is 2.44. The van der Waals surface area contributed by atoms with Gasteiger partial charge in [-0.15, -0.1) is 0 Å². The molecule has 2 heterocycles. The summed E-state index contributed by atoms with van der Waals surface area (Å²) in [7, 11) is 0. The van der Waals surface area contributed by atoms with Gasteiger partial charge in [-0.1, -0.05) is 0 Å². The summed E-state index contributed by atoms with van der Waals surface area (Å²) in [5, 5.41) is 0. The number of rotatable bonds is 4. The van der Waals surface area contributed by atoms with Crippen molar-refractivity contribution in [3.8, 4) is 0 Å². The number of hydrogen-bond donors (Lipinski definition) is 0. The minimum Gasteiger partial charge on any atom is -0.442 e. The van der Waals surface area contributed by atoms with Crippen molar-refractivity contribution in [1.29, 1.82) is 0 Å². The lowest BCUT2D eigenvalue weighted by Crippen LogP contribution is -2.25. The van der Waals surface area contributed by atoms with Crippen LogP contribution in [0, 0.1) is 6.57 Å². The van der Waals surface area contributed by atoms with E-state index >= 15 is 0 Å². The van der Waals surface area contributed by atoms with Crippen LogP contribution < -0.4 is 4.90 Å². The van der Waals surface area contributed by atoms with E-state index in [9.17, 15) is 4.79 Å². The monoisotopic (exact) mass is 308 g/mol. The second-order valence-corrected chi connectivity index (χ2v) is 6.07. The molecule has 1 unspecified atom stereocenters. The molecule has 0 radical (unpaired) electrons. The van der Waals surface area contributed by atoms with E-state index in [-0.39, 0.29) is 17.7 Å². The Bertz CT molecular complexity index is 757. The van der Waals surface area contributed by atoms with Gasteiger partial charge in [-0.2, -0.15) is 0 Å². The fourth-order valence-corrected chi connectivity index (χ4v) is 2.99. The van der Waals surface area contributed by atoms with Gasteiger partial charge in [0.1, 0.15) is 6.10 Å². The molecule has 2 aliphatic rings. The zero-order valence-electron chi connectivity index (χ0n) is 12.6. The van der Waals surface area contributed by atoms with Gasteiger partial charge in [-0.05, 0) is 24.3 Å². The average molecular weight is 308 g/mol. The fraction of sp³-hybridized carbons (Fsp3) is 0.353. The van der Waals surface area contributed by atoms with E-state index in [4.69, 9.17) is 11.3 Å². The molecule has 23 heavy (non-hydrogen) atoms. The number of ether oxygens (including phenoxy) is 1. The number of carbonyl (C=O) groups is 1. The molecule has 2 aromatic rings. The Morgan fingerprint density at radius 1 is 1.35 bits per heavy atom. The summed E-state index contributed by atoms with van der Waals surface area (Å²) in [5.74, 6) is 0. The van der Waals surface area contributed by atoms with Gasteiger partial charge in [-0.3, -0.25) is 4.90 Å². The molecule has 1 aromatic carbocycles. The van der Waals surface area contributed by atoms with Crippen molar-refractivity contribution in [1.82, 2.24) is 9.55 Å². The van der Waals surface area contributed by atoms with Gasteiger partial charge in [0.2, 0.25) is 0 Å². The van der Waals surface area contributed by atoms with Crippen molar-refractivity contribution in [2.75, 3.05) is 11.4 Å². The molecule has 4 rings (SSSR count). The van der Waals surface area contributed by atoms with Crippen LogP contribution in [0.15, 0.2) is 43.0 Å². The van der Waals surface area contributed by atoms with Gasteiger partial charge in [-0.25, -0.2) is 16.4 Å². The highest BCUT2D eigenvalue weighted by Crippen LogP contribution is 2.49. The number of hydrogen-bond acceptors (Lipinski definition) is 3. The van der Waals surface area contributed by atoms with Crippen LogP contribution in [0.4, 0.5) is 10.5 Å². The molecule has 0 spiro atoms. The van der Waals surface area contributed by atoms with Crippen molar-refractivity contribution >= 4 is 11.8 Å². The SMILES string of the molecule is [C-]#[N+]C1(c2ccc(N3CC(Cn4ccnc4)OC3=O)cc2)CC1. The molecule has 1 amide bonds. The van der Waals surface area contributed by atoms with Crippen LogP contribution in [0.3, 0.4) is 0 Å². The highest BCUT2D eigenvalue weighted by Gasteiger charge is 2.52. The molecule has 6 heteroatoms. The predicted molar refractivity (Wildman–Crippen MR) is 83.8 cm³/mol. The van der Waals surface area contributed by atoms with Gasteiger partial charge in [0, 0.05) is 36.5 Å². The van der Waals surface area contributed by atoms with Gasteiger partial charge in [0.25, 0.3) is 5.54 Å². The topological polar surface area (TPSA) is 51.7 Å². The van der Waals surface area contributed by atoms with Crippen LogP contribution in [0.1, 0.15) is 18.4 Å². The zero-order chi connectivity index (χ0) is 15.9. The maximum atomic E-state index is 12.1. The van der Waals surface area contributed by atoms with Crippen LogP contribution in [0.25, 0.3) is 4.85 Å². The number of carbonyl (C=O) groups excluding carboxylic acids is 1. The molecule has 1 aromatic heterocycles. The van der Waals surface area contributed by atoms with E-state index in [1.807, 2.05) is 35.0 Å². The third-order valence-electron chi connectivity index (χ3n) is 4.50. The molecule has 1 saturated heterocycles. The Morgan fingerprint density at radius 2 is 2.13 bits per heavy atom. The Morgan fingerprint density at radius 3 is 2.74 bits per heavy atom. The number of imidazole rings is 1. The Kier molecular flexibility index (Phi) is 3.08. The highest BCUT2D eigenvalue weighted by atomic mass is 16.6. The van der Waals surface area contributed by atoms with Gasteiger partial charge in [0.05, 0.1) is 19.4 Å². The Labute approximate surface area is 134 Å². The smallest absolute Gasteiger partial charge is 0.414 e. The normalized spacial score (nSPS) is 21.8. The van der Waals surface area contributed by atoms with E-state index in [0.29, 0.717) is 13.1 Å². The minimum absolute atomic E-state index is 0.186. The molecule has 2 fully saturated rings. The molecule has 6 nitrogen and oxygen atoms in total. The summed E-state index contributed by atoms with van der Waals surface area (Å²) in [5.41, 5.74) is 1.54. The highest BCUT2D eigenvalue weighted by molar-refractivity contribution is 5.89. The quantitative estimate of drug-likeness (QED) is 0.816. The van der Waals surface area contributed by atoms with Crippen molar-refractivity contribution in [3.05, 3.63) is 60.0 Å². The Balaban J connectivity index is 1.48. The first-order chi connectivity index (χ1) is 11.2. The average Bonchev–Trinajstić information content (AvgIpc) is 3.05. The van der Waals surface area contributed by atoms with Crippen LogP contribution in [-0.4, -0.2) is 28.3 Å². The second kappa shape index (κ2) is 5.13. The zero-order valence-corrected chi connectivity index (χ0v) is 12.6. The summed E-state index contributed by atoms with van der Waals surface area (Å²) >= 11 is 0. The van der Waals surface area contributed by atoms with E-state index < -0.39 is 0 Å². The molecule has 116 valence electrons. The number of anilines is 1. The van der Waals surface area contributed by atoms with Crippen molar-refractivity contribution in [2.24, 2.45) is 0 Å². The van der Waals surface area contributed by atoms with Crippen molar-refractivity contribution in [2.45, 2.75) is 31.0 Å². The second-order valence-electron chi connectivity index (χ2n) is 6.07. The largest absolute Gasteiger partial charge is 0.442 e. The Hall–Kier alpha value is -2.81. The maximum Gasteiger partial charge on any atom is 0.414 e. The lowest BCUT2D eigenvalue weighted by Gasteiger charge is -2.14.